The lowest BCUT2D eigenvalue weighted by atomic mass is 10.0. The van der Waals surface area contributed by atoms with Crippen LogP contribution in [0.25, 0.3) is 0 Å². The molecule has 0 atom stereocenters. The zero-order chi connectivity index (χ0) is 17.5. The van der Waals surface area contributed by atoms with Crippen molar-refractivity contribution in [1.29, 1.82) is 0 Å². The minimum Gasteiger partial charge on any atom is -0.0806 e. The summed E-state index contributed by atoms with van der Waals surface area (Å²) in [6.07, 6.45) is 11.7. The maximum Gasteiger partial charge on any atom is 0.117 e. The van der Waals surface area contributed by atoms with Crippen LogP contribution in [0.4, 0.5) is 0 Å². The van der Waals surface area contributed by atoms with Gasteiger partial charge in [0.05, 0.1) is 0 Å². The number of rotatable bonds is 8. The van der Waals surface area contributed by atoms with Gasteiger partial charge in [0.1, 0.15) is 9.52 Å². The molecule has 0 spiro atoms. The predicted octanol–water partition coefficient (Wildman–Crippen LogP) is 5.57. The summed E-state index contributed by atoms with van der Waals surface area (Å²) in [7, 11) is 0.810. The maximum absolute atomic E-state index is 2.32. The Balaban J connectivity index is 1.73. The fourth-order valence-corrected chi connectivity index (χ4v) is 4.87. The van der Waals surface area contributed by atoms with Crippen LogP contribution >= 0.6 is 0 Å². The van der Waals surface area contributed by atoms with Gasteiger partial charge in [-0.05, 0) is 48.8 Å². The highest BCUT2D eigenvalue weighted by atomic mass is 28.2. The molecule has 0 saturated heterocycles. The van der Waals surface area contributed by atoms with Crippen LogP contribution in [0.15, 0.2) is 71.5 Å². The first-order chi connectivity index (χ1) is 12.3. The Bertz CT molecular complexity index is 750. The molecule has 2 radical (unpaired) electrons. The van der Waals surface area contributed by atoms with Crippen molar-refractivity contribution >= 4 is 14.7 Å². The third-order valence-electron chi connectivity index (χ3n) is 4.95. The summed E-state index contributed by atoms with van der Waals surface area (Å²) in [6, 6.07) is 18.3. The highest BCUT2D eigenvalue weighted by Gasteiger charge is 2.12. The van der Waals surface area contributed by atoms with Crippen LogP contribution < -0.4 is 5.19 Å². The average molecular weight is 345 g/mol. The van der Waals surface area contributed by atoms with Crippen LogP contribution in [0, 0.1) is 0 Å². The molecule has 2 aromatic carbocycles. The van der Waals surface area contributed by atoms with E-state index >= 15 is 0 Å². The number of allylic oxidation sites excluding steroid dienone is 4. The van der Waals surface area contributed by atoms with E-state index in [0.717, 1.165) is 28.8 Å². The first-order valence-corrected chi connectivity index (χ1v) is 10.6. The van der Waals surface area contributed by atoms with Crippen molar-refractivity contribution in [2.24, 2.45) is 0 Å². The Kier molecular flexibility index (Phi) is 6.46. The molecule has 1 aliphatic carbocycles. The van der Waals surface area contributed by atoms with Crippen LogP contribution in [0.3, 0.4) is 0 Å². The molecule has 1 aliphatic rings. The zero-order valence-corrected chi connectivity index (χ0v) is 16.5. The van der Waals surface area contributed by atoms with Gasteiger partial charge in [-0.2, -0.15) is 0 Å². The first-order valence-electron chi connectivity index (χ1n) is 9.61. The summed E-state index contributed by atoms with van der Waals surface area (Å²) >= 11 is 0. The van der Waals surface area contributed by atoms with Crippen LogP contribution in [0.5, 0.6) is 0 Å². The Morgan fingerprint density at radius 1 is 0.920 bits per heavy atom. The number of aryl methyl sites for hydroxylation is 1. The third kappa shape index (κ3) is 4.82. The molecule has 128 valence electrons. The summed E-state index contributed by atoms with van der Waals surface area (Å²) in [4.78, 5) is 0. The van der Waals surface area contributed by atoms with Crippen molar-refractivity contribution in [3.63, 3.8) is 0 Å². The molecule has 0 saturated carbocycles. The Morgan fingerprint density at radius 2 is 1.68 bits per heavy atom. The van der Waals surface area contributed by atoms with Crippen LogP contribution in [-0.2, 0) is 12.8 Å². The average Bonchev–Trinajstić information content (AvgIpc) is 3.10. The molecule has 0 bridgehead atoms. The van der Waals surface area contributed by atoms with Gasteiger partial charge in [0, 0.05) is 0 Å². The minimum atomic E-state index is 0.810. The van der Waals surface area contributed by atoms with Crippen molar-refractivity contribution in [3.8, 4) is 0 Å². The van der Waals surface area contributed by atoms with Gasteiger partial charge >= 0.3 is 0 Å². The van der Waals surface area contributed by atoms with Gasteiger partial charge in [0.25, 0.3) is 0 Å². The topological polar surface area (TPSA) is 0 Å². The predicted molar refractivity (Wildman–Crippen MR) is 111 cm³/mol. The van der Waals surface area contributed by atoms with Gasteiger partial charge in [0.15, 0.2) is 0 Å². The first kappa shape index (κ1) is 17.9. The molecule has 0 nitrogen and oxygen atoms in total. The molecule has 1 heteroatoms. The fourth-order valence-electron chi connectivity index (χ4n) is 3.40. The molecule has 0 unspecified atom stereocenters. The number of benzene rings is 2. The van der Waals surface area contributed by atoms with E-state index < -0.39 is 0 Å². The quantitative estimate of drug-likeness (QED) is 0.549. The Morgan fingerprint density at radius 3 is 2.44 bits per heavy atom. The van der Waals surface area contributed by atoms with E-state index in [-0.39, 0.29) is 0 Å². The zero-order valence-electron chi connectivity index (χ0n) is 15.5. The standard InChI is InChI=1S/C24H28Si/c1-3-5-9-19-14-16-20(17-15-19)18-22-10-6-7-12-24(22)25-23-13-8-11-21(23)4-2/h6-8,10-12,14-17H,3-5,9,13,18H2,1-2H3. The van der Waals surface area contributed by atoms with Gasteiger partial charge < -0.3 is 0 Å². The lowest BCUT2D eigenvalue weighted by Crippen LogP contribution is -2.21. The number of unbranched alkanes of at least 4 members (excludes halogenated alkanes) is 1. The molecule has 0 aromatic heterocycles. The van der Waals surface area contributed by atoms with E-state index in [9.17, 15) is 0 Å². The van der Waals surface area contributed by atoms with Crippen LogP contribution in [0.1, 0.15) is 56.2 Å². The molecule has 0 N–H and O–H groups in total. The summed E-state index contributed by atoms with van der Waals surface area (Å²) in [5.41, 5.74) is 5.92. The molecule has 0 aliphatic heterocycles. The van der Waals surface area contributed by atoms with Gasteiger partial charge in [-0.25, -0.2) is 0 Å². The highest BCUT2D eigenvalue weighted by molar-refractivity contribution is 6.61. The second-order valence-electron chi connectivity index (χ2n) is 6.84. The summed E-state index contributed by atoms with van der Waals surface area (Å²) in [6.45, 7) is 4.52. The van der Waals surface area contributed by atoms with Crippen LogP contribution in [-0.4, -0.2) is 9.52 Å². The second-order valence-corrected chi connectivity index (χ2v) is 8.24. The van der Waals surface area contributed by atoms with Crippen LogP contribution in [0.2, 0.25) is 0 Å². The summed E-state index contributed by atoms with van der Waals surface area (Å²) in [5.74, 6) is 0. The normalized spacial score (nSPS) is 13.7. The van der Waals surface area contributed by atoms with E-state index in [1.54, 1.807) is 10.8 Å². The largest absolute Gasteiger partial charge is 0.117 e. The van der Waals surface area contributed by atoms with Crippen molar-refractivity contribution in [3.05, 3.63) is 88.1 Å². The molecule has 3 rings (SSSR count). The SMILES string of the molecule is CCCCc1ccc(Cc2ccccc2[Si]C2=C(CC)C=CC2)cc1. The lowest BCUT2D eigenvalue weighted by Gasteiger charge is -2.11. The molecule has 2 aromatic rings. The third-order valence-corrected chi connectivity index (χ3v) is 6.53. The lowest BCUT2D eigenvalue weighted by molar-refractivity contribution is 0.795. The Labute approximate surface area is 155 Å². The number of hydrogen-bond acceptors (Lipinski definition) is 0. The van der Waals surface area contributed by atoms with Crippen molar-refractivity contribution in [2.45, 2.75) is 52.4 Å². The minimum absolute atomic E-state index is 0.810. The van der Waals surface area contributed by atoms with E-state index in [1.165, 1.54) is 41.1 Å². The molecule has 0 heterocycles. The van der Waals surface area contributed by atoms with Gasteiger partial charge in [-0.15, -0.1) is 0 Å². The summed E-state index contributed by atoms with van der Waals surface area (Å²) in [5, 5.41) is 3.15. The smallest absolute Gasteiger partial charge is 0.0806 e. The monoisotopic (exact) mass is 344 g/mol. The second kappa shape index (κ2) is 9.01. The summed E-state index contributed by atoms with van der Waals surface area (Å²) < 4.78 is 0. The molecule has 0 fully saturated rings. The molecular formula is C24H28Si. The van der Waals surface area contributed by atoms with Crippen molar-refractivity contribution in [1.82, 2.24) is 0 Å². The van der Waals surface area contributed by atoms with Gasteiger partial charge in [0.2, 0.25) is 0 Å². The fraction of sp³-hybridized carbons (Fsp3) is 0.333. The number of hydrogen-bond donors (Lipinski definition) is 0. The Hall–Kier alpha value is -1.86. The van der Waals surface area contributed by atoms with E-state index in [0.29, 0.717) is 0 Å². The highest BCUT2D eigenvalue weighted by Crippen LogP contribution is 2.21. The maximum atomic E-state index is 2.32. The van der Waals surface area contributed by atoms with Crippen molar-refractivity contribution in [2.75, 3.05) is 0 Å². The molecule has 25 heavy (non-hydrogen) atoms. The van der Waals surface area contributed by atoms with Gasteiger partial charge in [-0.3, -0.25) is 0 Å². The van der Waals surface area contributed by atoms with E-state index in [2.05, 4.69) is 74.5 Å². The van der Waals surface area contributed by atoms with E-state index in [4.69, 9.17) is 0 Å². The van der Waals surface area contributed by atoms with Crippen molar-refractivity contribution < 1.29 is 0 Å². The van der Waals surface area contributed by atoms with Gasteiger partial charge in [-0.1, -0.05) is 96.9 Å². The molecular weight excluding hydrogens is 316 g/mol. The molecule has 0 amide bonds. The van der Waals surface area contributed by atoms with E-state index in [1.807, 2.05) is 0 Å².